The van der Waals surface area contributed by atoms with Crippen molar-refractivity contribution in [2.45, 2.75) is 5.60 Å². The maximum atomic E-state index is 12.6. The van der Waals surface area contributed by atoms with Crippen LogP contribution in [0.5, 0.6) is 23.0 Å². The van der Waals surface area contributed by atoms with Crippen molar-refractivity contribution in [3.63, 3.8) is 0 Å². The minimum Gasteiger partial charge on any atom is -0.508 e. The van der Waals surface area contributed by atoms with Gasteiger partial charge in [0, 0.05) is 28.8 Å². The molecule has 3 aromatic rings. The number of carbonyl (C=O) groups is 1. The van der Waals surface area contributed by atoms with Gasteiger partial charge in [-0.1, -0.05) is 18.2 Å². The van der Waals surface area contributed by atoms with Gasteiger partial charge in [0.25, 0.3) is 0 Å². The van der Waals surface area contributed by atoms with Crippen molar-refractivity contribution in [1.82, 2.24) is 0 Å². The lowest BCUT2D eigenvalue weighted by atomic mass is 9.77. The largest absolute Gasteiger partial charge is 0.508 e. The van der Waals surface area contributed by atoms with Gasteiger partial charge in [-0.15, -0.1) is 0 Å². The van der Waals surface area contributed by atoms with E-state index < -0.39 is 11.6 Å². The van der Waals surface area contributed by atoms with Gasteiger partial charge in [-0.3, -0.25) is 0 Å². The first-order valence-corrected chi connectivity index (χ1v) is 7.69. The van der Waals surface area contributed by atoms with Crippen LogP contribution in [0.15, 0.2) is 60.6 Å². The van der Waals surface area contributed by atoms with Crippen LogP contribution >= 0.6 is 0 Å². The molecule has 0 bridgehead atoms. The predicted octanol–water partition coefficient (Wildman–Crippen LogP) is 3.67. The third-order valence-electron chi connectivity index (χ3n) is 4.59. The highest BCUT2D eigenvalue weighted by Gasteiger charge is 2.53. The highest BCUT2D eigenvalue weighted by molar-refractivity contribution is 5.97. The molecule has 122 valence electrons. The number of benzene rings is 3. The molecule has 0 aromatic heterocycles. The quantitative estimate of drug-likeness (QED) is 0.614. The molecule has 5 nitrogen and oxygen atoms in total. The maximum Gasteiger partial charge on any atom is 0.340 e. The lowest BCUT2D eigenvalue weighted by molar-refractivity contribution is 0.0224. The fraction of sp³-hybridized carbons (Fsp3) is 0.0500. The van der Waals surface area contributed by atoms with E-state index in [0.29, 0.717) is 28.2 Å². The van der Waals surface area contributed by atoms with Gasteiger partial charge >= 0.3 is 5.97 Å². The van der Waals surface area contributed by atoms with Crippen molar-refractivity contribution in [2.24, 2.45) is 0 Å². The van der Waals surface area contributed by atoms with Gasteiger partial charge < -0.3 is 19.7 Å². The Bertz CT molecular complexity index is 1050. The van der Waals surface area contributed by atoms with E-state index in [1.807, 2.05) is 0 Å². The molecular formula is C20H12O5. The first kappa shape index (κ1) is 12.9. The monoisotopic (exact) mass is 333 g/mol. The van der Waals surface area contributed by atoms with E-state index >= 15 is 0 Å². The van der Waals surface area contributed by atoms with Crippen LogP contribution in [-0.4, -0.2) is 16.2 Å². The summed E-state index contributed by atoms with van der Waals surface area (Å²) in [6, 6.07) is 14.2. The van der Waals surface area contributed by atoms with Crippen molar-refractivity contribution in [2.75, 3.05) is 0 Å². The molecule has 0 radical (unpaired) electrons. The van der Waals surface area contributed by atoms with Crippen LogP contribution in [0.4, 0.5) is 0 Å². The number of hydrogen-bond acceptors (Lipinski definition) is 5. The Kier molecular flexibility index (Phi) is 2.34. The molecule has 0 fully saturated rings. The molecular weight excluding hydrogens is 320 g/mol. The number of fused-ring (bicyclic) bond motifs is 6. The molecule has 5 rings (SSSR count). The molecule has 1 spiro atoms. The van der Waals surface area contributed by atoms with Crippen LogP contribution in [-0.2, 0) is 10.3 Å². The number of phenols is 2. The number of aromatic hydroxyl groups is 2. The molecule has 0 atom stereocenters. The van der Waals surface area contributed by atoms with Crippen molar-refractivity contribution in [3.8, 4) is 23.0 Å². The minimum absolute atomic E-state index is 0.00120. The van der Waals surface area contributed by atoms with Gasteiger partial charge in [-0.05, 0) is 30.3 Å². The average molecular weight is 333 g/mol. The summed E-state index contributed by atoms with van der Waals surface area (Å²) < 4.78 is 19.8. The van der Waals surface area contributed by atoms with Crippen molar-refractivity contribution in [1.29, 1.82) is 0 Å². The molecule has 2 aliphatic heterocycles. The highest BCUT2D eigenvalue weighted by Crippen LogP contribution is 2.56. The normalized spacial score (nSPS) is 16.3. The molecule has 0 aliphatic carbocycles. The minimum atomic E-state index is -1.30. The van der Waals surface area contributed by atoms with Gasteiger partial charge in [0.15, 0.2) is 5.60 Å². The number of hydrogen-bond donors (Lipinski definition) is 2. The molecule has 0 saturated heterocycles. The second-order valence-corrected chi connectivity index (χ2v) is 5.99. The predicted molar refractivity (Wildman–Crippen MR) is 88.0 cm³/mol. The maximum absolute atomic E-state index is 12.6. The fourth-order valence-electron chi connectivity index (χ4n) is 3.58. The van der Waals surface area contributed by atoms with Crippen LogP contribution in [0.2, 0.25) is 0 Å². The van der Waals surface area contributed by atoms with E-state index in [9.17, 15) is 15.0 Å². The molecule has 2 aliphatic rings. The van der Waals surface area contributed by atoms with E-state index in [1.54, 1.807) is 24.3 Å². The van der Waals surface area contributed by atoms with E-state index in [0.717, 1.165) is 0 Å². The summed E-state index contributed by atoms with van der Waals surface area (Å²) in [6.45, 7) is 0. The first-order valence-electron chi connectivity index (χ1n) is 8.19. The Morgan fingerprint density at radius 1 is 0.880 bits per heavy atom. The van der Waals surface area contributed by atoms with Crippen LogP contribution in [0.25, 0.3) is 0 Å². The lowest BCUT2D eigenvalue weighted by Gasteiger charge is -2.36. The highest BCUT2D eigenvalue weighted by atomic mass is 16.6. The smallest absolute Gasteiger partial charge is 0.340 e. The van der Waals surface area contributed by atoms with Crippen molar-refractivity contribution >= 4 is 5.97 Å². The summed E-state index contributed by atoms with van der Waals surface area (Å²) in [5, 5.41) is 19.7. The summed E-state index contributed by atoms with van der Waals surface area (Å²) in [6.07, 6.45) is 0. The number of ether oxygens (including phenoxy) is 2. The van der Waals surface area contributed by atoms with E-state index in [4.69, 9.17) is 10.8 Å². The molecule has 2 heterocycles. The second-order valence-electron chi connectivity index (χ2n) is 5.99. The van der Waals surface area contributed by atoms with E-state index in [-0.39, 0.29) is 23.1 Å². The number of rotatable bonds is 0. The lowest BCUT2D eigenvalue weighted by Crippen LogP contribution is -2.32. The van der Waals surface area contributed by atoms with Gasteiger partial charge in [-0.2, -0.15) is 0 Å². The Hall–Kier alpha value is -3.47. The Morgan fingerprint density at radius 2 is 1.52 bits per heavy atom. The third kappa shape index (κ3) is 1.69. The molecule has 0 saturated carbocycles. The van der Waals surface area contributed by atoms with Gasteiger partial charge in [-0.25, -0.2) is 4.79 Å². The van der Waals surface area contributed by atoms with Gasteiger partial charge in [0.05, 0.1) is 6.93 Å². The molecule has 0 amide bonds. The van der Waals surface area contributed by atoms with Crippen molar-refractivity contribution < 1.29 is 25.9 Å². The average Bonchev–Trinajstić information content (AvgIpc) is 2.89. The molecule has 25 heavy (non-hydrogen) atoms. The van der Waals surface area contributed by atoms with Crippen LogP contribution in [0.3, 0.4) is 0 Å². The molecule has 3 aromatic carbocycles. The zero-order chi connectivity index (χ0) is 18.1. The van der Waals surface area contributed by atoms with Gasteiger partial charge in [0.1, 0.15) is 23.0 Å². The van der Waals surface area contributed by atoms with Crippen LogP contribution < -0.4 is 4.74 Å². The summed E-state index contributed by atoms with van der Waals surface area (Å²) in [5.74, 6) is 0.0476. The van der Waals surface area contributed by atoms with E-state index in [1.165, 1.54) is 30.3 Å². The summed E-state index contributed by atoms with van der Waals surface area (Å²) in [4.78, 5) is 12.6. The van der Waals surface area contributed by atoms with Gasteiger partial charge in [0.2, 0.25) is 0 Å². The first-order chi connectivity index (χ1) is 12.5. The fourth-order valence-corrected chi connectivity index (χ4v) is 3.58. The number of phenolic OH excluding ortho intramolecular Hbond substituents is 2. The Morgan fingerprint density at radius 3 is 2.16 bits per heavy atom. The number of esters is 1. The van der Waals surface area contributed by atoms with Crippen LogP contribution in [0.1, 0.15) is 28.4 Å². The summed E-state index contributed by atoms with van der Waals surface area (Å²) >= 11 is 0. The number of carbonyl (C=O) groups excluding carboxylic acids is 1. The molecule has 5 heteroatoms. The van der Waals surface area contributed by atoms with E-state index in [2.05, 4.69) is 0 Å². The Balaban J connectivity index is 1.92. The Labute approximate surface area is 144 Å². The SMILES string of the molecule is [2H]c1cccc2c1C(=O)OC21c2ccc(O)cc2Oc2cc(O)ccc21. The third-order valence-corrected chi connectivity index (χ3v) is 4.59. The molecule has 0 unspecified atom stereocenters. The summed E-state index contributed by atoms with van der Waals surface area (Å²) in [7, 11) is 0. The zero-order valence-electron chi connectivity index (χ0n) is 13.8. The topological polar surface area (TPSA) is 76.0 Å². The summed E-state index contributed by atoms with van der Waals surface area (Å²) in [5.41, 5.74) is 0.537. The standard InChI is InChI=1S/C20H12O5/c21-11-5-7-15-17(9-11)24-18-10-12(22)6-8-16(18)20(15)14-4-2-1-3-13(14)19(23)25-20/h1-10,21-22H/i3D. The van der Waals surface area contributed by atoms with Crippen molar-refractivity contribution in [3.05, 3.63) is 82.9 Å². The van der Waals surface area contributed by atoms with Crippen LogP contribution in [0, 0.1) is 0 Å². The molecule has 2 N–H and O–H groups in total. The second kappa shape index (κ2) is 4.54. The zero-order valence-corrected chi connectivity index (χ0v) is 12.8.